The summed E-state index contributed by atoms with van der Waals surface area (Å²) < 4.78 is 1.60. The fraction of sp³-hybridized carbons (Fsp3) is 0.174. The molecule has 0 atom stereocenters. The van der Waals surface area contributed by atoms with E-state index in [9.17, 15) is 10.1 Å². The van der Waals surface area contributed by atoms with Crippen molar-refractivity contribution < 1.29 is 4.79 Å². The molecule has 0 saturated carbocycles. The lowest BCUT2D eigenvalue weighted by Crippen LogP contribution is -2.15. The summed E-state index contributed by atoms with van der Waals surface area (Å²) in [4.78, 5) is 12.7. The average molecular weight is 439 g/mol. The Kier molecular flexibility index (Phi) is 6.61. The molecule has 30 heavy (non-hydrogen) atoms. The van der Waals surface area contributed by atoms with E-state index in [0.717, 1.165) is 16.7 Å². The van der Waals surface area contributed by atoms with Crippen LogP contribution in [0.3, 0.4) is 0 Å². The van der Waals surface area contributed by atoms with Gasteiger partial charge in [-0.2, -0.15) is 10.4 Å². The Balaban J connectivity index is 1.91. The Morgan fingerprint density at radius 3 is 2.43 bits per heavy atom. The van der Waals surface area contributed by atoms with Gasteiger partial charge in [-0.05, 0) is 49.6 Å². The molecule has 1 amide bonds. The Labute approximate surface area is 185 Å². The van der Waals surface area contributed by atoms with Crippen molar-refractivity contribution in [1.82, 2.24) is 9.78 Å². The van der Waals surface area contributed by atoms with Gasteiger partial charge in [0, 0.05) is 16.3 Å². The lowest BCUT2D eigenvalue weighted by molar-refractivity contribution is -0.112. The molecule has 0 aliphatic heterocycles. The molecule has 0 radical (unpaired) electrons. The molecule has 0 unspecified atom stereocenters. The van der Waals surface area contributed by atoms with Gasteiger partial charge in [0.25, 0.3) is 5.91 Å². The topological polar surface area (TPSA) is 70.7 Å². The molecule has 0 fully saturated rings. The van der Waals surface area contributed by atoms with E-state index in [1.807, 2.05) is 56.3 Å². The van der Waals surface area contributed by atoms with Gasteiger partial charge in [-0.25, -0.2) is 4.68 Å². The van der Waals surface area contributed by atoms with Gasteiger partial charge in [-0.3, -0.25) is 4.79 Å². The van der Waals surface area contributed by atoms with E-state index >= 15 is 0 Å². The zero-order valence-electron chi connectivity index (χ0n) is 16.8. The number of halogens is 2. The molecule has 1 aromatic heterocycles. The summed E-state index contributed by atoms with van der Waals surface area (Å²) in [6, 6.07) is 15.1. The van der Waals surface area contributed by atoms with Gasteiger partial charge in [0.2, 0.25) is 0 Å². The highest BCUT2D eigenvalue weighted by atomic mass is 35.5. The largest absolute Gasteiger partial charge is 0.321 e. The third-order valence-corrected chi connectivity index (χ3v) is 5.53. The number of anilines is 1. The van der Waals surface area contributed by atoms with Gasteiger partial charge in [-0.1, -0.05) is 59.6 Å². The van der Waals surface area contributed by atoms with Crippen LogP contribution in [0.5, 0.6) is 0 Å². The number of aromatic nitrogens is 2. The Hall–Kier alpha value is -3.07. The molecule has 3 aromatic rings. The number of amides is 1. The summed E-state index contributed by atoms with van der Waals surface area (Å²) in [7, 11) is 0. The third kappa shape index (κ3) is 4.56. The van der Waals surface area contributed by atoms with Crippen molar-refractivity contribution in [3.8, 4) is 6.07 Å². The van der Waals surface area contributed by atoms with Gasteiger partial charge in [0.15, 0.2) is 0 Å². The molecule has 7 heteroatoms. The standard InChI is InChI=1S/C23H20Cl2N4O/c1-14-7-6-8-15(2)21(14)27-23(30)18(12-26)11-19-16(3)28-29(22(19)25)13-17-9-4-5-10-20(17)24/h4-11H,13H2,1-3H3,(H,27,30)/b18-11+. The van der Waals surface area contributed by atoms with Crippen LogP contribution in [0.15, 0.2) is 48.0 Å². The predicted octanol–water partition coefficient (Wildman–Crippen LogP) is 5.71. The average Bonchev–Trinajstić information content (AvgIpc) is 2.97. The quantitative estimate of drug-likeness (QED) is 0.409. The van der Waals surface area contributed by atoms with E-state index in [1.165, 1.54) is 6.08 Å². The van der Waals surface area contributed by atoms with Crippen LogP contribution in [-0.4, -0.2) is 15.7 Å². The molecule has 0 aliphatic rings. The van der Waals surface area contributed by atoms with Gasteiger partial charge < -0.3 is 5.32 Å². The minimum Gasteiger partial charge on any atom is -0.321 e. The Bertz CT molecular complexity index is 1170. The van der Waals surface area contributed by atoms with Crippen LogP contribution < -0.4 is 5.32 Å². The van der Waals surface area contributed by atoms with E-state index in [-0.39, 0.29) is 5.57 Å². The first-order valence-electron chi connectivity index (χ1n) is 9.27. The first-order chi connectivity index (χ1) is 14.3. The van der Waals surface area contributed by atoms with Crippen LogP contribution in [0.4, 0.5) is 5.69 Å². The van der Waals surface area contributed by atoms with Crippen molar-refractivity contribution in [2.45, 2.75) is 27.3 Å². The number of benzene rings is 2. The number of carbonyl (C=O) groups is 1. The number of nitrogens with one attached hydrogen (secondary N) is 1. The van der Waals surface area contributed by atoms with Gasteiger partial charge in [0.1, 0.15) is 16.8 Å². The van der Waals surface area contributed by atoms with Gasteiger partial charge in [-0.15, -0.1) is 0 Å². The third-order valence-electron chi connectivity index (χ3n) is 4.76. The van der Waals surface area contributed by atoms with Crippen molar-refractivity contribution in [3.05, 3.63) is 86.2 Å². The highest BCUT2D eigenvalue weighted by Crippen LogP contribution is 2.26. The number of aryl methyl sites for hydroxylation is 3. The molecule has 5 nitrogen and oxygen atoms in total. The van der Waals surface area contributed by atoms with Crippen LogP contribution in [0, 0.1) is 32.1 Å². The first-order valence-corrected chi connectivity index (χ1v) is 10.0. The number of hydrogen-bond acceptors (Lipinski definition) is 3. The van der Waals surface area contributed by atoms with Crippen molar-refractivity contribution in [3.63, 3.8) is 0 Å². The molecule has 0 saturated heterocycles. The molecule has 0 bridgehead atoms. The van der Waals surface area contributed by atoms with Crippen LogP contribution >= 0.6 is 23.2 Å². The lowest BCUT2D eigenvalue weighted by Gasteiger charge is -2.10. The second-order valence-corrected chi connectivity index (χ2v) is 7.69. The normalized spacial score (nSPS) is 11.3. The molecule has 3 rings (SSSR count). The van der Waals surface area contributed by atoms with Crippen molar-refractivity contribution in [2.75, 3.05) is 5.32 Å². The summed E-state index contributed by atoms with van der Waals surface area (Å²) in [5, 5.41) is 17.8. The Morgan fingerprint density at radius 2 is 1.80 bits per heavy atom. The predicted molar refractivity (Wildman–Crippen MR) is 121 cm³/mol. The van der Waals surface area contributed by atoms with E-state index in [2.05, 4.69) is 10.4 Å². The number of hydrogen-bond donors (Lipinski definition) is 1. The maximum absolute atomic E-state index is 12.7. The van der Waals surface area contributed by atoms with Gasteiger partial charge >= 0.3 is 0 Å². The fourth-order valence-corrected chi connectivity index (χ4v) is 3.59. The number of carbonyl (C=O) groups excluding carboxylic acids is 1. The maximum atomic E-state index is 12.7. The zero-order chi connectivity index (χ0) is 21.8. The van der Waals surface area contributed by atoms with E-state index in [1.54, 1.807) is 17.7 Å². The van der Waals surface area contributed by atoms with Crippen LogP contribution in [-0.2, 0) is 11.3 Å². The highest BCUT2D eigenvalue weighted by molar-refractivity contribution is 6.32. The Morgan fingerprint density at radius 1 is 1.13 bits per heavy atom. The SMILES string of the molecule is Cc1cccc(C)c1NC(=O)/C(C#N)=C/c1c(C)nn(Cc2ccccc2Cl)c1Cl. The van der Waals surface area contributed by atoms with Crippen LogP contribution in [0.1, 0.15) is 27.9 Å². The van der Waals surface area contributed by atoms with Crippen molar-refractivity contribution >= 4 is 40.9 Å². The lowest BCUT2D eigenvalue weighted by atomic mass is 10.1. The van der Waals surface area contributed by atoms with Crippen molar-refractivity contribution in [1.29, 1.82) is 5.26 Å². The zero-order valence-corrected chi connectivity index (χ0v) is 18.3. The molecule has 1 heterocycles. The second-order valence-electron chi connectivity index (χ2n) is 6.93. The summed E-state index contributed by atoms with van der Waals surface area (Å²) in [6.45, 7) is 5.96. The number of rotatable bonds is 5. The molecule has 0 aliphatic carbocycles. The monoisotopic (exact) mass is 438 g/mol. The van der Waals surface area contributed by atoms with E-state index < -0.39 is 5.91 Å². The summed E-state index contributed by atoms with van der Waals surface area (Å²) in [6.07, 6.45) is 1.47. The molecule has 1 N–H and O–H groups in total. The molecule has 0 spiro atoms. The smallest absolute Gasteiger partial charge is 0.266 e. The maximum Gasteiger partial charge on any atom is 0.266 e. The van der Waals surface area contributed by atoms with Crippen molar-refractivity contribution in [2.24, 2.45) is 0 Å². The minimum absolute atomic E-state index is 0.0556. The van der Waals surface area contributed by atoms with E-state index in [4.69, 9.17) is 23.2 Å². The van der Waals surface area contributed by atoms with E-state index in [0.29, 0.717) is 33.7 Å². The second kappa shape index (κ2) is 9.17. The number of nitriles is 1. The summed E-state index contributed by atoms with van der Waals surface area (Å²) >= 11 is 12.8. The van der Waals surface area contributed by atoms with Crippen LogP contribution in [0.2, 0.25) is 10.2 Å². The number of nitrogens with zero attached hydrogens (tertiary/aromatic N) is 3. The highest BCUT2D eigenvalue weighted by Gasteiger charge is 2.17. The molecular weight excluding hydrogens is 419 g/mol. The van der Waals surface area contributed by atoms with Crippen LogP contribution in [0.25, 0.3) is 6.08 Å². The number of para-hydroxylation sites is 1. The van der Waals surface area contributed by atoms with Gasteiger partial charge in [0.05, 0.1) is 12.2 Å². The molecule has 2 aromatic carbocycles. The first kappa shape index (κ1) is 21.6. The fourth-order valence-electron chi connectivity index (χ4n) is 3.11. The summed E-state index contributed by atoms with van der Waals surface area (Å²) in [5.41, 5.74) is 4.48. The minimum atomic E-state index is -0.496. The molecular formula is C23H20Cl2N4O. The summed E-state index contributed by atoms with van der Waals surface area (Å²) in [5.74, 6) is -0.496. The molecule has 152 valence electrons.